The van der Waals surface area contributed by atoms with Crippen molar-refractivity contribution in [1.82, 2.24) is 14.1 Å². The van der Waals surface area contributed by atoms with Crippen LogP contribution < -0.4 is 0 Å². The van der Waals surface area contributed by atoms with Gasteiger partial charge >= 0.3 is 6.09 Å². The van der Waals surface area contributed by atoms with Crippen molar-refractivity contribution >= 4 is 27.1 Å². The summed E-state index contributed by atoms with van der Waals surface area (Å²) in [6, 6.07) is 13.0. The molecule has 0 radical (unpaired) electrons. The zero-order chi connectivity index (χ0) is 28.7. The second kappa shape index (κ2) is 11.2. The van der Waals surface area contributed by atoms with Crippen LogP contribution in [0.1, 0.15) is 56.3 Å². The third kappa shape index (κ3) is 5.64. The molecule has 3 aromatic rings. The second-order valence-corrected chi connectivity index (χ2v) is 14.4. The van der Waals surface area contributed by atoms with E-state index in [-0.39, 0.29) is 12.0 Å². The van der Waals surface area contributed by atoms with Crippen LogP contribution in [0.3, 0.4) is 0 Å². The number of hydrogen-bond donors (Lipinski definition) is 1. The molecule has 0 spiro atoms. The lowest BCUT2D eigenvalue weighted by Crippen LogP contribution is -2.45. The number of likely N-dealkylation sites (tertiary alicyclic amines) is 1. The molecule has 1 atom stereocenters. The maximum Gasteiger partial charge on any atom is 0.407 e. The molecule has 2 aliphatic rings. The summed E-state index contributed by atoms with van der Waals surface area (Å²) >= 11 is 0. The Hall–Kier alpha value is -2.88. The van der Waals surface area contributed by atoms with Gasteiger partial charge in [0.15, 0.2) is 0 Å². The highest BCUT2D eigenvalue weighted by Crippen LogP contribution is 2.44. The van der Waals surface area contributed by atoms with Crippen LogP contribution >= 0.6 is 0 Å². The van der Waals surface area contributed by atoms with Crippen LogP contribution in [0.4, 0.5) is 4.79 Å². The Morgan fingerprint density at radius 2 is 1.80 bits per heavy atom. The van der Waals surface area contributed by atoms with Gasteiger partial charge in [0.05, 0.1) is 17.2 Å². The number of para-hydroxylation sites is 1. The zero-order valence-corrected chi connectivity index (χ0v) is 24.8. The Labute approximate surface area is 237 Å². The Bertz CT molecular complexity index is 1470. The molecular weight excluding hydrogens is 526 g/mol. The van der Waals surface area contributed by atoms with Crippen LogP contribution in [-0.4, -0.2) is 73.5 Å². The van der Waals surface area contributed by atoms with Crippen LogP contribution in [0.25, 0.3) is 11.0 Å². The molecule has 1 unspecified atom stereocenters. The molecule has 8 nitrogen and oxygen atoms in total. The number of benzene rings is 2. The van der Waals surface area contributed by atoms with E-state index in [1.807, 2.05) is 51.3 Å². The molecule has 5 rings (SSSR count). The molecule has 9 heteroatoms. The number of carboxylic acid groups (broad SMARTS) is 1. The van der Waals surface area contributed by atoms with Gasteiger partial charge in [0.1, 0.15) is 5.58 Å². The topological polar surface area (TPSA) is 94.3 Å². The van der Waals surface area contributed by atoms with E-state index in [9.17, 15) is 18.3 Å². The number of sulfonamides is 1. The first kappa shape index (κ1) is 28.6. The van der Waals surface area contributed by atoms with Crippen LogP contribution in [0.2, 0.25) is 0 Å². The molecule has 3 heterocycles. The van der Waals surface area contributed by atoms with E-state index in [0.29, 0.717) is 23.8 Å². The molecule has 0 saturated carbocycles. The molecule has 1 saturated heterocycles. The number of piperidine rings is 1. The van der Waals surface area contributed by atoms with E-state index in [0.717, 1.165) is 55.6 Å². The van der Waals surface area contributed by atoms with Crippen molar-refractivity contribution in [2.45, 2.75) is 57.4 Å². The monoisotopic (exact) mass is 567 g/mol. The van der Waals surface area contributed by atoms with Gasteiger partial charge in [-0.25, -0.2) is 17.5 Å². The predicted octanol–water partition coefficient (Wildman–Crippen LogP) is 5.63. The molecule has 40 heavy (non-hydrogen) atoms. The summed E-state index contributed by atoms with van der Waals surface area (Å²) in [7, 11) is -2.04. The third-order valence-electron chi connectivity index (χ3n) is 8.61. The summed E-state index contributed by atoms with van der Waals surface area (Å²) < 4.78 is 34.9. The van der Waals surface area contributed by atoms with Gasteiger partial charge in [-0.15, -0.1) is 0 Å². The molecule has 2 aliphatic heterocycles. The van der Waals surface area contributed by atoms with Crippen molar-refractivity contribution in [2.24, 2.45) is 11.3 Å². The lowest BCUT2D eigenvalue weighted by atomic mass is 9.77. The Morgan fingerprint density at radius 1 is 1.07 bits per heavy atom. The first-order valence-electron chi connectivity index (χ1n) is 14.2. The van der Waals surface area contributed by atoms with E-state index in [1.165, 1.54) is 20.2 Å². The molecule has 216 valence electrons. The number of hydrogen-bond acceptors (Lipinski definition) is 5. The van der Waals surface area contributed by atoms with Gasteiger partial charge < -0.3 is 19.3 Å². The Kier molecular flexibility index (Phi) is 8.01. The summed E-state index contributed by atoms with van der Waals surface area (Å²) in [4.78, 5) is 16.2. The summed E-state index contributed by atoms with van der Waals surface area (Å²) in [5, 5.41) is 11.0. The number of amides is 1. The average molecular weight is 568 g/mol. The van der Waals surface area contributed by atoms with Gasteiger partial charge in [0.25, 0.3) is 0 Å². The summed E-state index contributed by atoms with van der Waals surface area (Å²) in [6.45, 7) is 9.63. The SMILES string of the molecule is CN(CC1CCN(CCc2coc3ccccc23)CC1)S(=O)(=O)c1cccc2c1CCN(C(=O)O)C2C(C)(C)C. The van der Waals surface area contributed by atoms with E-state index in [4.69, 9.17) is 4.42 Å². The highest BCUT2D eigenvalue weighted by atomic mass is 32.2. The minimum atomic E-state index is -3.72. The van der Waals surface area contributed by atoms with Crippen molar-refractivity contribution in [1.29, 1.82) is 0 Å². The van der Waals surface area contributed by atoms with Crippen LogP contribution in [0, 0.1) is 11.3 Å². The number of fused-ring (bicyclic) bond motifs is 2. The van der Waals surface area contributed by atoms with Gasteiger partial charge in [0.2, 0.25) is 10.0 Å². The fourth-order valence-corrected chi connectivity index (χ4v) is 8.07. The molecule has 1 aromatic heterocycles. The quantitative estimate of drug-likeness (QED) is 0.398. The first-order chi connectivity index (χ1) is 19.0. The first-order valence-corrected chi connectivity index (χ1v) is 15.7. The lowest BCUT2D eigenvalue weighted by molar-refractivity contribution is 0.0754. The van der Waals surface area contributed by atoms with Gasteiger partial charge in [-0.05, 0) is 78.9 Å². The Morgan fingerprint density at radius 3 is 2.50 bits per heavy atom. The van der Waals surface area contributed by atoms with E-state index in [2.05, 4.69) is 11.0 Å². The van der Waals surface area contributed by atoms with Crippen molar-refractivity contribution in [3.8, 4) is 0 Å². The fraction of sp³-hybridized carbons (Fsp3) is 0.516. The maximum atomic E-state index is 13.8. The van der Waals surface area contributed by atoms with Crippen molar-refractivity contribution in [3.05, 3.63) is 65.4 Å². The minimum Gasteiger partial charge on any atom is -0.465 e. The van der Waals surface area contributed by atoms with Crippen molar-refractivity contribution in [2.75, 3.05) is 39.8 Å². The van der Waals surface area contributed by atoms with Gasteiger partial charge in [-0.3, -0.25) is 0 Å². The molecular formula is C31H41N3O5S. The van der Waals surface area contributed by atoms with Crippen LogP contribution in [0.5, 0.6) is 0 Å². The van der Waals surface area contributed by atoms with Gasteiger partial charge in [-0.2, -0.15) is 0 Å². The van der Waals surface area contributed by atoms with E-state index >= 15 is 0 Å². The summed E-state index contributed by atoms with van der Waals surface area (Å²) in [5.41, 5.74) is 3.34. The summed E-state index contributed by atoms with van der Waals surface area (Å²) in [5.74, 6) is 0.301. The van der Waals surface area contributed by atoms with Gasteiger partial charge in [-0.1, -0.05) is 51.1 Å². The summed E-state index contributed by atoms with van der Waals surface area (Å²) in [6.07, 6.45) is 4.13. The van der Waals surface area contributed by atoms with E-state index in [1.54, 1.807) is 19.2 Å². The maximum absolute atomic E-state index is 13.8. The molecule has 1 fully saturated rings. The highest BCUT2D eigenvalue weighted by Gasteiger charge is 2.41. The fourth-order valence-electron chi connectivity index (χ4n) is 6.54. The molecule has 0 bridgehead atoms. The van der Waals surface area contributed by atoms with E-state index < -0.39 is 22.2 Å². The standard InChI is InChI=1S/C31H41N3O5S/c1-31(2,3)29-26-9-7-11-28(25(26)15-19-34(29)30(35)36)40(37,38)32(4)20-22-12-16-33(17-13-22)18-14-23-21-39-27-10-6-5-8-24(23)27/h5-11,21-22,29H,12-20H2,1-4H3,(H,35,36). The third-order valence-corrected chi connectivity index (χ3v) is 10.5. The Balaban J connectivity index is 1.23. The second-order valence-electron chi connectivity index (χ2n) is 12.4. The normalized spacial score (nSPS) is 19.3. The van der Waals surface area contributed by atoms with Crippen LogP contribution in [-0.2, 0) is 22.9 Å². The molecule has 0 aliphatic carbocycles. The predicted molar refractivity (Wildman–Crippen MR) is 156 cm³/mol. The zero-order valence-electron chi connectivity index (χ0n) is 24.0. The number of rotatable bonds is 7. The van der Waals surface area contributed by atoms with Gasteiger partial charge in [0, 0.05) is 32.1 Å². The van der Waals surface area contributed by atoms with Crippen molar-refractivity contribution in [3.63, 3.8) is 0 Å². The highest BCUT2D eigenvalue weighted by molar-refractivity contribution is 7.89. The molecule has 1 N–H and O–H groups in total. The van der Waals surface area contributed by atoms with Crippen molar-refractivity contribution < 1.29 is 22.7 Å². The number of carbonyl (C=O) groups is 1. The minimum absolute atomic E-state index is 0.285. The number of nitrogens with zero attached hydrogens (tertiary/aromatic N) is 3. The van der Waals surface area contributed by atoms with Crippen LogP contribution in [0.15, 0.2) is 58.0 Å². The molecule has 1 amide bonds. The smallest absolute Gasteiger partial charge is 0.407 e. The average Bonchev–Trinajstić information content (AvgIpc) is 3.34. The lowest BCUT2D eigenvalue weighted by Gasteiger charge is -2.43. The number of furan rings is 1. The largest absolute Gasteiger partial charge is 0.465 e. The molecule has 2 aromatic carbocycles.